The molecule has 8 aromatic carbocycles. The molecular weight excluding hydrogens is 735 g/mol. The average Bonchev–Trinajstić information content (AvgIpc) is 3.87. The highest BCUT2D eigenvalue weighted by Crippen LogP contribution is 2.47. The summed E-state index contributed by atoms with van der Waals surface area (Å²) >= 11 is 0. The van der Waals surface area contributed by atoms with Crippen molar-refractivity contribution >= 4 is 43.7 Å². The highest BCUT2D eigenvalue weighted by atomic mass is 16.3. The number of aromatic nitrogens is 3. The van der Waals surface area contributed by atoms with Crippen LogP contribution in [0.15, 0.2) is 192 Å². The van der Waals surface area contributed by atoms with Gasteiger partial charge in [0.1, 0.15) is 11.2 Å². The van der Waals surface area contributed by atoms with Crippen molar-refractivity contribution in [1.82, 2.24) is 14.5 Å². The minimum Gasteiger partial charge on any atom is -0.455 e. The number of furan rings is 1. The molecule has 0 saturated carbocycles. The monoisotopic (exact) mass is 765 g/mol. The van der Waals surface area contributed by atoms with Crippen LogP contribution in [0.25, 0.3) is 106 Å². The summed E-state index contributed by atoms with van der Waals surface area (Å²) in [5, 5.41) is 25.4. The van der Waals surface area contributed by atoms with Crippen LogP contribution in [0.3, 0.4) is 0 Å². The van der Waals surface area contributed by atoms with Gasteiger partial charge in [-0.25, -0.2) is 9.97 Å². The van der Waals surface area contributed by atoms with Gasteiger partial charge in [-0.05, 0) is 54.6 Å². The van der Waals surface area contributed by atoms with E-state index in [0.717, 1.165) is 99.8 Å². The van der Waals surface area contributed by atoms with Gasteiger partial charge in [-0.3, -0.25) is 0 Å². The Balaban J connectivity index is 1.31. The third-order valence-electron chi connectivity index (χ3n) is 11.3. The molecule has 278 valence electrons. The van der Waals surface area contributed by atoms with Crippen molar-refractivity contribution in [1.29, 1.82) is 10.5 Å². The van der Waals surface area contributed by atoms with Crippen LogP contribution in [0, 0.1) is 22.7 Å². The van der Waals surface area contributed by atoms with E-state index in [4.69, 9.17) is 14.4 Å². The third kappa shape index (κ3) is 5.56. The summed E-state index contributed by atoms with van der Waals surface area (Å²) in [7, 11) is 0. The Hall–Kier alpha value is -8.58. The smallest absolute Gasteiger partial charge is 0.160 e. The topological polar surface area (TPSA) is 91.4 Å². The molecule has 6 heteroatoms. The summed E-state index contributed by atoms with van der Waals surface area (Å²) in [6, 6.07) is 67.5. The lowest BCUT2D eigenvalue weighted by Crippen LogP contribution is -2.04. The zero-order valence-corrected chi connectivity index (χ0v) is 32.0. The summed E-state index contributed by atoms with van der Waals surface area (Å²) in [4.78, 5) is 10.5. The number of nitriles is 2. The molecule has 11 rings (SSSR count). The molecule has 0 atom stereocenters. The zero-order chi connectivity index (χ0) is 40.2. The standard InChI is InChI=1S/C54H31N5O/c55-32-36-19-7-9-21-39(36)44-29-38(54-57-46(34-15-3-1-4-16-34)31-47(58-54)35-17-5-2-6-18-35)30-45(40-22-10-8-20-37(40)33-56)52(44)59-48-25-13-11-24-43(48)51-49(59)28-27-42-41-23-12-14-26-50(41)60-53(42)51/h1-31H. The Bertz CT molecular complexity index is 3430. The molecule has 60 heavy (non-hydrogen) atoms. The van der Waals surface area contributed by atoms with E-state index in [9.17, 15) is 10.5 Å². The largest absolute Gasteiger partial charge is 0.455 e. The summed E-state index contributed by atoms with van der Waals surface area (Å²) in [5.41, 5.74) is 12.6. The molecule has 0 N–H and O–H groups in total. The highest BCUT2D eigenvalue weighted by molar-refractivity contribution is 6.24. The lowest BCUT2D eigenvalue weighted by molar-refractivity contribution is 0.673. The Kier molecular flexibility index (Phi) is 8.15. The maximum Gasteiger partial charge on any atom is 0.160 e. The second kappa shape index (κ2) is 14.1. The quantitative estimate of drug-likeness (QED) is 0.168. The molecule has 6 nitrogen and oxygen atoms in total. The SMILES string of the molecule is N#Cc1ccccc1-c1cc(-c2nc(-c3ccccc3)cc(-c3ccccc3)n2)cc(-c2ccccc2C#N)c1-n1c2ccccc2c2c3oc4ccccc4c3ccc21. The lowest BCUT2D eigenvalue weighted by Gasteiger charge is -2.22. The Morgan fingerprint density at radius 1 is 0.433 bits per heavy atom. The average molecular weight is 766 g/mol. The minimum absolute atomic E-state index is 0.513. The summed E-state index contributed by atoms with van der Waals surface area (Å²) < 4.78 is 8.95. The fourth-order valence-electron chi connectivity index (χ4n) is 8.61. The minimum atomic E-state index is 0.513. The van der Waals surface area contributed by atoms with E-state index in [-0.39, 0.29) is 0 Å². The molecule has 0 aliphatic heterocycles. The van der Waals surface area contributed by atoms with Gasteiger partial charge >= 0.3 is 0 Å². The van der Waals surface area contributed by atoms with Crippen LogP contribution >= 0.6 is 0 Å². The number of hydrogen-bond acceptors (Lipinski definition) is 5. The van der Waals surface area contributed by atoms with Gasteiger partial charge in [0.2, 0.25) is 0 Å². The molecule has 3 heterocycles. The van der Waals surface area contributed by atoms with Crippen molar-refractivity contribution in [2.75, 3.05) is 0 Å². The number of nitrogens with zero attached hydrogens (tertiary/aromatic N) is 5. The Morgan fingerprint density at radius 2 is 0.967 bits per heavy atom. The predicted octanol–water partition coefficient (Wildman–Crippen LogP) is 13.6. The molecule has 0 unspecified atom stereocenters. The van der Waals surface area contributed by atoms with Crippen LogP contribution in [0.2, 0.25) is 0 Å². The van der Waals surface area contributed by atoms with E-state index < -0.39 is 0 Å². The fourth-order valence-corrected chi connectivity index (χ4v) is 8.61. The van der Waals surface area contributed by atoms with E-state index in [1.54, 1.807) is 0 Å². The van der Waals surface area contributed by atoms with Crippen molar-refractivity contribution in [3.8, 4) is 74.0 Å². The van der Waals surface area contributed by atoms with Gasteiger partial charge in [0, 0.05) is 55.1 Å². The van der Waals surface area contributed by atoms with Crippen LogP contribution in [-0.2, 0) is 0 Å². The Labute approximate surface area is 345 Å². The van der Waals surface area contributed by atoms with Gasteiger partial charge in [0.15, 0.2) is 5.82 Å². The van der Waals surface area contributed by atoms with Gasteiger partial charge in [-0.2, -0.15) is 10.5 Å². The fraction of sp³-hybridized carbons (Fsp3) is 0. The van der Waals surface area contributed by atoms with E-state index in [0.29, 0.717) is 17.0 Å². The first-order chi connectivity index (χ1) is 29.7. The highest BCUT2D eigenvalue weighted by Gasteiger charge is 2.26. The Morgan fingerprint density at radius 3 is 1.58 bits per heavy atom. The normalized spacial score (nSPS) is 11.3. The van der Waals surface area contributed by atoms with E-state index in [1.165, 1.54) is 0 Å². The molecule has 0 radical (unpaired) electrons. The lowest BCUT2D eigenvalue weighted by atomic mass is 9.89. The molecule has 0 saturated heterocycles. The first-order valence-electron chi connectivity index (χ1n) is 19.7. The third-order valence-corrected chi connectivity index (χ3v) is 11.3. The number of rotatable bonds is 6. The molecule has 0 amide bonds. The van der Waals surface area contributed by atoms with Crippen LogP contribution in [0.1, 0.15) is 11.1 Å². The van der Waals surface area contributed by atoms with Gasteiger partial charge in [0.25, 0.3) is 0 Å². The zero-order valence-electron chi connectivity index (χ0n) is 32.0. The molecule has 0 spiro atoms. The van der Waals surface area contributed by atoms with Gasteiger partial charge in [0.05, 0.1) is 56.8 Å². The molecule has 0 fully saturated rings. The molecule has 0 aliphatic rings. The molecule has 0 bridgehead atoms. The van der Waals surface area contributed by atoms with Crippen LogP contribution in [0.4, 0.5) is 0 Å². The first-order valence-corrected chi connectivity index (χ1v) is 19.7. The maximum absolute atomic E-state index is 10.7. The van der Waals surface area contributed by atoms with Crippen LogP contribution in [0.5, 0.6) is 0 Å². The molecule has 0 aliphatic carbocycles. The summed E-state index contributed by atoms with van der Waals surface area (Å²) in [5.74, 6) is 0.513. The number of hydrogen-bond donors (Lipinski definition) is 0. The van der Waals surface area contributed by atoms with Crippen molar-refractivity contribution in [3.63, 3.8) is 0 Å². The van der Waals surface area contributed by atoms with Crippen molar-refractivity contribution in [2.24, 2.45) is 0 Å². The summed E-state index contributed by atoms with van der Waals surface area (Å²) in [6.45, 7) is 0. The second-order valence-electron chi connectivity index (χ2n) is 14.7. The molecule has 3 aromatic heterocycles. The van der Waals surface area contributed by atoms with E-state index in [2.05, 4.69) is 89.5 Å². The summed E-state index contributed by atoms with van der Waals surface area (Å²) in [6.07, 6.45) is 0. The number of para-hydroxylation sites is 2. The van der Waals surface area contributed by atoms with Gasteiger partial charge < -0.3 is 8.98 Å². The van der Waals surface area contributed by atoms with Crippen molar-refractivity contribution in [2.45, 2.75) is 0 Å². The van der Waals surface area contributed by atoms with Crippen LogP contribution < -0.4 is 0 Å². The van der Waals surface area contributed by atoms with E-state index in [1.807, 2.05) is 115 Å². The van der Waals surface area contributed by atoms with Gasteiger partial charge in [-0.15, -0.1) is 0 Å². The van der Waals surface area contributed by atoms with Gasteiger partial charge in [-0.1, -0.05) is 133 Å². The first kappa shape index (κ1) is 34.7. The van der Waals surface area contributed by atoms with Crippen molar-refractivity contribution in [3.05, 3.63) is 199 Å². The van der Waals surface area contributed by atoms with E-state index >= 15 is 0 Å². The maximum atomic E-state index is 10.7. The second-order valence-corrected chi connectivity index (χ2v) is 14.7. The predicted molar refractivity (Wildman–Crippen MR) is 240 cm³/mol. The molecular formula is C54H31N5O. The molecule has 11 aromatic rings. The van der Waals surface area contributed by atoms with Crippen molar-refractivity contribution < 1.29 is 4.42 Å². The number of fused-ring (bicyclic) bond motifs is 7. The number of benzene rings is 8. The van der Waals surface area contributed by atoms with Crippen LogP contribution in [-0.4, -0.2) is 14.5 Å².